The molecule has 2 aromatic heterocycles. The molecule has 2 heterocycles. The fourth-order valence-corrected chi connectivity index (χ4v) is 3.50. The molecular weight excluding hydrogens is 501 g/mol. The first-order valence-corrected chi connectivity index (χ1v) is 12.2. The van der Waals surface area contributed by atoms with Gasteiger partial charge in [0.2, 0.25) is 16.0 Å². The van der Waals surface area contributed by atoms with E-state index >= 15 is 0 Å². The SMILES string of the molecule is CNC(=O)c1ccc(Nc2ncc(C(F)(F)F)c(CNCc3nccnc3N(C)S(C)(=O)=O)n2)cc1. The molecule has 3 aromatic rings. The van der Waals surface area contributed by atoms with E-state index in [9.17, 15) is 26.4 Å². The maximum Gasteiger partial charge on any atom is 0.419 e. The van der Waals surface area contributed by atoms with Gasteiger partial charge in [0.05, 0.1) is 23.2 Å². The first-order valence-electron chi connectivity index (χ1n) is 10.4. The van der Waals surface area contributed by atoms with Gasteiger partial charge >= 0.3 is 6.18 Å². The standard InChI is InChI=1S/C21H23F3N8O3S/c1-25-19(33)13-4-6-14(7-5-13)30-20-29-10-15(21(22,23)24)16(31-20)11-26-12-17-18(28-9-8-27-17)32(2)36(3,34)35/h4-10,26H,11-12H2,1-3H3,(H,25,33)(H,29,30,31). The number of sulfonamides is 1. The maximum absolute atomic E-state index is 13.6. The summed E-state index contributed by atoms with van der Waals surface area (Å²) < 4.78 is 65.3. The van der Waals surface area contributed by atoms with Gasteiger partial charge in [0.1, 0.15) is 0 Å². The molecule has 0 aliphatic carbocycles. The molecule has 3 rings (SSSR count). The second-order valence-corrected chi connectivity index (χ2v) is 9.51. The fourth-order valence-electron chi connectivity index (χ4n) is 3.03. The lowest BCUT2D eigenvalue weighted by atomic mass is 10.2. The van der Waals surface area contributed by atoms with Crippen molar-refractivity contribution in [1.82, 2.24) is 30.6 Å². The van der Waals surface area contributed by atoms with E-state index < -0.39 is 21.8 Å². The molecule has 1 aromatic carbocycles. The summed E-state index contributed by atoms with van der Waals surface area (Å²) in [4.78, 5) is 27.5. The van der Waals surface area contributed by atoms with Crippen molar-refractivity contribution in [3.63, 3.8) is 0 Å². The number of anilines is 3. The van der Waals surface area contributed by atoms with Crippen LogP contribution in [0, 0.1) is 0 Å². The van der Waals surface area contributed by atoms with Gasteiger partial charge in [-0.05, 0) is 24.3 Å². The molecule has 0 saturated carbocycles. The topological polar surface area (TPSA) is 142 Å². The van der Waals surface area contributed by atoms with E-state index in [0.717, 1.165) is 10.6 Å². The maximum atomic E-state index is 13.6. The molecule has 36 heavy (non-hydrogen) atoms. The van der Waals surface area contributed by atoms with E-state index in [2.05, 4.69) is 35.9 Å². The molecule has 0 unspecified atom stereocenters. The third kappa shape index (κ3) is 6.63. The monoisotopic (exact) mass is 524 g/mol. The predicted molar refractivity (Wildman–Crippen MR) is 126 cm³/mol. The van der Waals surface area contributed by atoms with Gasteiger partial charge in [-0.1, -0.05) is 0 Å². The van der Waals surface area contributed by atoms with E-state index in [0.29, 0.717) is 17.4 Å². The number of hydrogen-bond acceptors (Lipinski definition) is 9. The summed E-state index contributed by atoms with van der Waals surface area (Å²) in [6, 6.07) is 6.22. The van der Waals surface area contributed by atoms with Crippen molar-refractivity contribution in [3.8, 4) is 0 Å². The highest BCUT2D eigenvalue weighted by molar-refractivity contribution is 7.92. The number of rotatable bonds is 9. The minimum atomic E-state index is -4.70. The van der Waals surface area contributed by atoms with Crippen molar-refractivity contribution in [2.45, 2.75) is 19.3 Å². The van der Waals surface area contributed by atoms with Crippen LogP contribution in [0.15, 0.2) is 42.9 Å². The van der Waals surface area contributed by atoms with Crippen LogP contribution >= 0.6 is 0 Å². The minimum absolute atomic E-state index is 0.0498. The normalized spacial score (nSPS) is 11.7. The highest BCUT2D eigenvalue weighted by Gasteiger charge is 2.35. The van der Waals surface area contributed by atoms with Crippen LogP contribution in [0.2, 0.25) is 0 Å². The number of aromatic nitrogens is 4. The average Bonchev–Trinajstić information content (AvgIpc) is 2.83. The third-order valence-corrected chi connectivity index (χ3v) is 6.10. The Bertz CT molecular complexity index is 1330. The third-order valence-electron chi connectivity index (χ3n) is 4.94. The van der Waals surface area contributed by atoms with E-state index in [-0.39, 0.29) is 42.2 Å². The van der Waals surface area contributed by atoms with Crippen LogP contribution in [0.1, 0.15) is 27.3 Å². The van der Waals surface area contributed by atoms with Gasteiger partial charge in [0.15, 0.2) is 5.82 Å². The summed E-state index contributed by atoms with van der Waals surface area (Å²) in [5.41, 5.74) is -0.255. The largest absolute Gasteiger partial charge is 0.419 e. The number of hydrogen-bond donors (Lipinski definition) is 3. The van der Waals surface area contributed by atoms with Crippen molar-refractivity contribution in [3.05, 3.63) is 65.4 Å². The number of carbonyl (C=O) groups is 1. The van der Waals surface area contributed by atoms with Gasteiger partial charge in [0, 0.05) is 57.0 Å². The van der Waals surface area contributed by atoms with E-state index in [1.54, 1.807) is 24.3 Å². The molecule has 11 nitrogen and oxygen atoms in total. The zero-order chi connectivity index (χ0) is 26.5. The molecule has 0 spiro atoms. The lowest BCUT2D eigenvalue weighted by molar-refractivity contribution is -0.138. The van der Waals surface area contributed by atoms with Crippen molar-refractivity contribution in [1.29, 1.82) is 0 Å². The number of nitrogens with one attached hydrogen (secondary N) is 3. The van der Waals surface area contributed by atoms with Crippen LogP contribution in [-0.2, 0) is 29.3 Å². The second-order valence-electron chi connectivity index (χ2n) is 7.49. The van der Waals surface area contributed by atoms with Gasteiger partial charge in [-0.25, -0.2) is 23.4 Å². The van der Waals surface area contributed by atoms with E-state index in [1.807, 2.05) is 0 Å². The van der Waals surface area contributed by atoms with Gasteiger partial charge in [0.25, 0.3) is 5.91 Å². The number of amides is 1. The quantitative estimate of drug-likeness (QED) is 0.383. The summed E-state index contributed by atoms with van der Waals surface area (Å²) in [6.07, 6.45) is -0.364. The molecule has 192 valence electrons. The van der Waals surface area contributed by atoms with Crippen LogP contribution in [0.4, 0.5) is 30.6 Å². The Balaban J connectivity index is 1.79. The molecule has 0 bridgehead atoms. The summed E-state index contributed by atoms with van der Waals surface area (Å²) in [7, 11) is -0.828. The van der Waals surface area contributed by atoms with Crippen molar-refractivity contribution in [2.75, 3.05) is 30.0 Å². The van der Waals surface area contributed by atoms with Crippen LogP contribution in [0.25, 0.3) is 0 Å². The molecule has 0 saturated heterocycles. The molecular formula is C21H23F3N8O3S. The molecule has 0 aliphatic heterocycles. The molecule has 0 aliphatic rings. The summed E-state index contributed by atoms with van der Waals surface area (Å²) in [5.74, 6) is -0.312. The molecule has 3 N–H and O–H groups in total. The zero-order valence-electron chi connectivity index (χ0n) is 19.5. The smallest absolute Gasteiger partial charge is 0.355 e. The molecule has 15 heteroatoms. The van der Waals surface area contributed by atoms with Crippen LogP contribution in [0.3, 0.4) is 0 Å². The lowest BCUT2D eigenvalue weighted by Crippen LogP contribution is -2.28. The Morgan fingerprint density at radius 3 is 2.28 bits per heavy atom. The van der Waals surface area contributed by atoms with Crippen molar-refractivity contribution >= 4 is 33.4 Å². The predicted octanol–water partition coefficient (Wildman–Crippen LogP) is 2.07. The number of alkyl halides is 3. The van der Waals surface area contributed by atoms with Gasteiger partial charge in [-0.3, -0.25) is 14.1 Å². The highest BCUT2D eigenvalue weighted by Crippen LogP contribution is 2.31. The summed E-state index contributed by atoms with van der Waals surface area (Å²) >= 11 is 0. The zero-order valence-corrected chi connectivity index (χ0v) is 20.3. The number of halogens is 3. The van der Waals surface area contributed by atoms with Gasteiger partial charge in [-0.2, -0.15) is 13.2 Å². The number of nitrogens with zero attached hydrogens (tertiary/aromatic N) is 5. The molecule has 1 amide bonds. The fraction of sp³-hybridized carbons (Fsp3) is 0.286. The van der Waals surface area contributed by atoms with Crippen LogP contribution < -0.4 is 20.3 Å². The molecule has 0 atom stereocenters. The summed E-state index contributed by atoms with van der Waals surface area (Å²) in [6.45, 7) is -0.395. The van der Waals surface area contributed by atoms with Crippen LogP contribution in [-0.4, -0.2) is 54.6 Å². The molecule has 0 radical (unpaired) electrons. The number of carbonyl (C=O) groups excluding carboxylic acids is 1. The van der Waals surface area contributed by atoms with E-state index in [4.69, 9.17) is 0 Å². The molecule has 0 fully saturated rings. The Labute approximate surface area is 205 Å². The Hall–Kier alpha value is -3.85. The highest BCUT2D eigenvalue weighted by atomic mass is 32.2. The van der Waals surface area contributed by atoms with E-state index in [1.165, 1.54) is 26.5 Å². The van der Waals surface area contributed by atoms with Crippen molar-refractivity contribution in [2.24, 2.45) is 0 Å². The Kier molecular flexibility index (Phi) is 8.04. The Morgan fingerprint density at radius 1 is 1.03 bits per heavy atom. The minimum Gasteiger partial charge on any atom is -0.355 e. The number of benzene rings is 1. The average molecular weight is 525 g/mol. The van der Waals surface area contributed by atoms with Gasteiger partial charge in [-0.15, -0.1) is 0 Å². The Morgan fingerprint density at radius 2 is 1.67 bits per heavy atom. The summed E-state index contributed by atoms with van der Waals surface area (Å²) in [5, 5.41) is 8.11. The van der Waals surface area contributed by atoms with Crippen molar-refractivity contribution < 1.29 is 26.4 Å². The second kappa shape index (κ2) is 10.8. The first-order chi connectivity index (χ1) is 16.9. The van der Waals surface area contributed by atoms with Crippen LogP contribution in [0.5, 0.6) is 0 Å². The van der Waals surface area contributed by atoms with Gasteiger partial charge < -0.3 is 16.0 Å². The lowest BCUT2D eigenvalue weighted by Gasteiger charge is -2.18. The first kappa shape index (κ1) is 26.7.